The molecule has 1 rings (SSSR count). The van der Waals surface area contributed by atoms with Crippen molar-refractivity contribution >= 4 is 17.6 Å². The van der Waals surface area contributed by atoms with E-state index in [-0.39, 0.29) is 18.0 Å². The van der Waals surface area contributed by atoms with Gasteiger partial charge in [0.15, 0.2) is 0 Å². The number of hydrogen-bond donors (Lipinski definition) is 4. The first-order chi connectivity index (χ1) is 9.04. The Balaban J connectivity index is 2.78. The number of nitrogens with two attached hydrogens (primary N) is 1. The molecule has 6 heteroatoms. The molecular formula is C13H20N4O2. The first-order valence-electron chi connectivity index (χ1n) is 6.19. The lowest BCUT2D eigenvalue weighted by molar-refractivity contribution is 0.0955. The first-order valence-corrected chi connectivity index (χ1v) is 6.19. The molecule has 0 spiro atoms. The second kappa shape index (κ2) is 7.38. The van der Waals surface area contributed by atoms with Crippen LogP contribution in [-0.2, 0) is 0 Å². The van der Waals surface area contributed by atoms with Crippen LogP contribution in [-0.4, -0.2) is 31.1 Å². The topological polar surface area (TPSA) is 96.2 Å². The van der Waals surface area contributed by atoms with Gasteiger partial charge in [0.05, 0.1) is 11.3 Å². The number of urea groups is 1. The Morgan fingerprint density at radius 2 is 1.95 bits per heavy atom. The van der Waals surface area contributed by atoms with Gasteiger partial charge in [-0.05, 0) is 26.0 Å². The molecule has 1 aromatic rings. The SMILES string of the molecule is CC(C)NC(=O)Nc1ccccc1C(=O)NCCN. The van der Waals surface area contributed by atoms with Gasteiger partial charge in [0, 0.05) is 19.1 Å². The average molecular weight is 264 g/mol. The van der Waals surface area contributed by atoms with Crippen molar-refractivity contribution in [3.63, 3.8) is 0 Å². The van der Waals surface area contributed by atoms with E-state index in [2.05, 4.69) is 16.0 Å². The van der Waals surface area contributed by atoms with E-state index in [9.17, 15) is 9.59 Å². The number of anilines is 1. The van der Waals surface area contributed by atoms with Crippen molar-refractivity contribution in [2.24, 2.45) is 5.73 Å². The zero-order chi connectivity index (χ0) is 14.3. The molecule has 0 bridgehead atoms. The molecule has 0 fully saturated rings. The summed E-state index contributed by atoms with van der Waals surface area (Å²) in [4.78, 5) is 23.5. The summed E-state index contributed by atoms with van der Waals surface area (Å²) >= 11 is 0. The van der Waals surface area contributed by atoms with Crippen LogP contribution in [0.1, 0.15) is 24.2 Å². The van der Waals surface area contributed by atoms with Crippen LogP contribution in [0.5, 0.6) is 0 Å². The summed E-state index contributed by atoms with van der Waals surface area (Å²) in [5.74, 6) is -0.258. The monoisotopic (exact) mass is 264 g/mol. The standard InChI is InChI=1S/C13H20N4O2/c1-9(2)16-13(19)17-11-6-4-3-5-10(11)12(18)15-8-7-14/h3-6,9H,7-8,14H2,1-2H3,(H,15,18)(H2,16,17,19). The van der Waals surface area contributed by atoms with Gasteiger partial charge < -0.3 is 21.7 Å². The molecule has 1 aromatic carbocycles. The fraction of sp³-hybridized carbons (Fsp3) is 0.385. The lowest BCUT2D eigenvalue weighted by Crippen LogP contribution is -2.35. The summed E-state index contributed by atoms with van der Waals surface area (Å²) < 4.78 is 0. The maximum absolute atomic E-state index is 11.9. The molecule has 0 saturated carbocycles. The molecule has 0 aliphatic rings. The minimum absolute atomic E-state index is 0.0261. The molecule has 0 unspecified atom stereocenters. The van der Waals surface area contributed by atoms with E-state index in [0.29, 0.717) is 24.3 Å². The normalized spacial score (nSPS) is 10.1. The summed E-state index contributed by atoms with van der Waals surface area (Å²) in [7, 11) is 0. The van der Waals surface area contributed by atoms with Gasteiger partial charge in [0.2, 0.25) is 0 Å². The third kappa shape index (κ3) is 4.97. The van der Waals surface area contributed by atoms with Gasteiger partial charge in [-0.2, -0.15) is 0 Å². The van der Waals surface area contributed by atoms with Crippen LogP contribution in [0.25, 0.3) is 0 Å². The Morgan fingerprint density at radius 3 is 2.58 bits per heavy atom. The number of benzene rings is 1. The Labute approximate surface area is 112 Å². The van der Waals surface area contributed by atoms with E-state index in [1.165, 1.54) is 0 Å². The zero-order valence-corrected chi connectivity index (χ0v) is 11.2. The third-order valence-electron chi connectivity index (χ3n) is 2.27. The van der Waals surface area contributed by atoms with E-state index >= 15 is 0 Å². The number of para-hydroxylation sites is 1. The quantitative estimate of drug-likeness (QED) is 0.636. The van der Waals surface area contributed by atoms with Crippen molar-refractivity contribution in [2.45, 2.75) is 19.9 Å². The van der Waals surface area contributed by atoms with E-state index in [1.54, 1.807) is 24.3 Å². The predicted molar refractivity (Wildman–Crippen MR) is 75.1 cm³/mol. The maximum Gasteiger partial charge on any atom is 0.319 e. The van der Waals surface area contributed by atoms with Crippen LogP contribution in [0.4, 0.5) is 10.5 Å². The summed E-state index contributed by atoms with van der Waals surface area (Å²) in [6.45, 7) is 4.49. The van der Waals surface area contributed by atoms with E-state index in [4.69, 9.17) is 5.73 Å². The molecule has 0 saturated heterocycles. The average Bonchev–Trinajstić information content (AvgIpc) is 2.35. The lowest BCUT2D eigenvalue weighted by atomic mass is 10.1. The molecule has 0 aromatic heterocycles. The van der Waals surface area contributed by atoms with Gasteiger partial charge in [0.1, 0.15) is 0 Å². The van der Waals surface area contributed by atoms with Crippen molar-refractivity contribution in [2.75, 3.05) is 18.4 Å². The molecule has 0 radical (unpaired) electrons. The lowest BCUT2D eigenvalue weighted by Gasteiger charge is -2.13. The van der Waals surface area contributed by atoms with Crippen LogP contribution < -0.4 is 21.7 Å². The largest absolute Gasteiger partial charge is 0.351 e. The third-order valence-corrected chi connectivity index (χ3v) is 2.27. The minimum atomic E-state index is -0.339. The molecule has 3 amide bonds. The van der Waals surface area contributed by atoms with Gasteiger partial charge in [-0.3, -0.25) is 4.79 Å². The van der Waals surface area contributed by atoms with Gasteiger partial charge >= 0.3 is 6.03 Å². The Bertz CT molecular complexity index is 446. The van der Waals surface area contributed by atoms with Gasteiger partial charge in [-0.1, -0.05) is 12.1 Å². The molecule has 6 nitrogen and oxygen atoms in total. The molecule has 0 atom stereocenters. The zero-order valence-electron chi connectivity index (χ0n) is 11.2. The first kappa shape index (κ1) is 15.0. The van der Waals surface area contributed by atoms with Crippen molar-refractivity contribution in [3.8, 4) is 0 Å². The highest BCUT2D eigenvalue weighted by atomic mass is 16.2. The predicted octanol–water partition coefficient (Wildman–Crippen LogP) is 0.905. The van der Waals surface area contributed by atoms with Crippen LogP contribution in [0.15, 0.2) is 24.3 Å². The highest BCUT2D eigenvalue weighted by Gasteiger charge is 2.12. The van der Waals surface area contributed by atoms with Crippen molar-refractivity contribution in [3.05, 3.63) is 29.8 Å². The number of amides is 3. The minimum Gasteiger partial charge on any atom is -0.351 e. The van der Waals surface area contributed by atoms with Gasteiger partial charge in [-0.15, -0.1) is 0 Å². The molecule has 0 aliphatic carbocycles. The Morgan fingerprint density at radius 1 is 1.26 bits per heavy atom. The van der Waals surface area contributed by atoms with Crippen LogP contribution in [0, 0.1) is 0 Å². The molecule has 104 valence electrons. The number of carbonyl (C=O) groups excluding carboxylic acids is 2. The number of hydrogen-bond acceptors (Lipinski definition) is 3. The van der Waals surface area contributed by atoms with E-state index < -0.39 is 0 Å². The Hall–Kier alpha value is -2.08. The summed E-state index contributed by atoms with van der Waals surface area (Å²) in [6.07, 6.45) is 0. The van der Waals surface area contributed by atoms with Gasteiger partial charge in [-0.25, -0.2) is 4.79 Å². The van der Waals surface area contributed by atoms with Crippen LogP contribution in [0.3, 0.4) is 0 Å². The number of nitrogens with one attached hydrogen (secondary N) is 3. The molecular weight excluding hydrogens is 244 g/mol. The van der Waals surface area contributed by atoms with Crippen LogP contribution >= 0.6 is 0 Å². The highest BCUT2D eigenvalue weighted by molar-refractivity contribution is 6.03. The van der Waals surface area contributed by atoms with Crippen molar-refractivity contribution in [1.82, 2.24) is 10.6 Å². The Kier molecular flexibility index (Phi) is 5.81. The smallest absolute Gasteiger partial charge is 0.319 e. The van der Waals surface area contributed by atoms with Crippen molar-refractivity contribution < 1.29 is 9.59 Å². The fourth-order valence-electron chi connectivity index (χ4n) is 1.49. The van der Waals surface area contributed by atoms with Crippen LogP contribution in [0.2, 0.25) is 0 Å². The number of carbonyl (C=O) groups is 2. The van der Waals surface area contributed by atoms with Crippen molar-refractivity contribution in [1.29, 1.82) is 0 Å². The summed E-state index contributed by atoms with van der Waals surface area (Å²) in [6, 6.07) is 6.51. The second-order valence-corrected chi connectivity index (χ2v) is 4.34. The fourth-order valence-corrected chi connectivity index (χ4v) is 1.49. The molecule has 5 N–H and O–H groups in total. The highest BCUT2D eigenvalue weighted by Crippen LogP contribution is 2.14. The second-order valence-electron chi connectivity index (χ2n) is 4.34. The van der Waals surface area contributed by atoms with Gasteiger partial charge in [0.25, 0.3) is 5.91 Å². The molecule has 0 heterocycles. The van der Waals surface area contributed by atoms with E-state index in [1.807, 2.05) is 13.8 Å². The number of rotatable bonds is 5. The summed E-state index contributed by atoms with van der Waals surface area (Å²) in [5, 5.41) is 8.02. The summed E-state index contributed by atoms with van der Waals surface area (Å²) in [5.41, 5.74) is 6.21. The molecule has 0 aliphatic heterocycles. The van der Waals surface area contributed by atoms with E-state index in [0.717, 1.165) is 0 Å². The maximum atomic E-state index is 11.9. The molecule has 19 heavy (non-hydrogen) atoms.